The quantitative estimate of drug-likeness (QED) is 0.313. The van der Waals surface area contributed by atoms with Crippen molar-refractivity contribution in [2.75, 3.05) is 10.6 Å². The van der Waals surface area contributed by atoms with Crippen LogP contribution < -0.4 is 10.6 Å². The molecule has 2 aromatic heterocycles. The number of hydrogen-bond acceptors (Lipinski definition) is 6. The number of nitrogens with one attached hydrogen (secondary N) is 2. The Morgan fingerprint density at radius 1 is 0.757 bits per heavy atom. The molecule has 0 saturated heterocycles. The topological polar surface area (TPSA) is 110 Å². The van der Waals surface area contributed by atoms with Crippen molar-refractivity contribution in [1.29, 1.82) is 0 Å². The number of nitrogens with zero attached hydrogens (tertiary/aromatic N) is 4. The van der Waals surface area contributed by atoms with E-state index in [2.05, 4.69) is 30.6 Å². The first-order valence-corrected chi connectivity index (χ1v) is 12.3. The summed E-state index contributed by atoms with van der Waals surface area (Å²) in [6, 6.07) is 18.8. The maximum absolute atomic E-state index is 12.6. The minimum absolute atomic E-state index is 0.0498. The fourth-order valence-electron chi connectivity index (χ4n) is 3.98. The molecule has 4 aromatic rings. The van der Waals surface area contributed by atoms with Gasteiger partial charge in [-0.05, 0) is 62.6 Å². The number of amides is 2. The Morgan fingerprint density at radius 2 is 1.27 bits per heavy atom. The van der Waals surface area contributed by atoms with Gasteiger partial charge in [-0.15, -0.1) is 0 Å². The molecule has 0 radical (unpaired) electrons. The lowest BCUT2D eigenvalue weighted by Gasteiger charge is -2.13. The summed E-state index contributed by atoms with van der Waals surface area (Å²) >= 11 is 0. The summed E-state index contributed by atoms with van der Waals surface area (Å²) in [4.78, 5) is 42.3. The smallest absolute Gasteiger partial charge is 0.224 e. The van der Waals surface area contributed by atoms with Crippen LogP contribution in [0.25, 0.3) is 22.5 Å². The first kappa shape index (κ1) is 25.6. The molecule has 0 spiro atoms. The maximum Gasteiger partial charge on any atom is 0.224 e. The highest BCUT2D eigenvalue weighted by Crippen LogP contribution is 2.23. The van der Waals surface area contributed by atoms with E-state index >= 15 is 0 Å². The van der Waals surface area contributed by atoms with E-state index in [1.165, 1.54) is 0 Å². The second kappa shape index (κ2) is 12.0. The van der Waals surface area contributed by atoms with E-state index in [0.717, 1.165) is 22.5 Å². The third-order valence-electron chi connectivity index (χ3n) is 5.83. The van der Waals surface area contributed by atoms with Crippen molar-refractivity contribution >= 4 is 23.2 Å². The van der Waals surface area contributed by atoms with Crippen LogP contribution in [0.15, 0.2) is 73.1 Å². The molecular weight excluding hydrogens is 464 g/mol. The molecule has 1 unspecified atom stereocenters. The Kier molecular flexibility index (Phi) is 8.30. The predicted molar refractivity (Wildman–Crippen MR) is 145 cm³/mol. The predicted octanol–water partition coefficient (Wildman–Crippen LogP) is 5.60. The molecule has 2 aromatic carbocycles. The molecule has 0 fully saturated rings. The van der Waals surface area contributed by atoms with E-state index in [-0.39, 0.29) is 17.7 Å². The largest absolute Gasteiger partial charge is 0.326 e. The van der Waals surface area contributed by atoms with E-state index in [1.807, 2.05) is 81.4 Å². The van der Waals surface area contributed by atoms with Crippen molar-refractivity contribution < 1.29 is 9.59 Å². The summed E-state index contributed by atoms with van der Waals surface area (Å²) in [7, 11) is 0. The van der Waals surface area contributed by atoms with Crippen LogP contribution in [0.2, 0.25) is 0 Å². The van der Waals surface area contributed by atoms with Crippen molar-refractivity contribution in [2.24, 2.45) is 5.92 Å². The number of rotatable bonds is 9. The van der Waals surface area contributed by atoms with Crippen molar-refractivity contribution in [3.63, 3.8) is 0 Å². The van der Waals surface area contributed by atoms with E-state index in [1.54, 1.807) is 12.4 Å². The van der Waals surface area contributed by atoms with E-state index in [0.29, 0.717) is 42.3 Å². The Balaban J connectivity index is 1.26. The molecule has 0 aliphatic carbocycles. The minimum atomic E-state index is -0.0869. The fourth-order valence-corrected chi connectivity index (χ4v) is 3.98. The lowest BCUT2D eigenvalue weighted by molar-refractivity contribution is -0.118. The van der Waals surface area contributed by atoms with Crippen molar-refractivity contribution in [3.8, 4) is 22.5 Å². The molecule has 0 saturated carbocycles. The van der Waals surface area contributed by atoms with Gasteiger partial charge in [0.25, 0.3) is 0 Å². The third kappa shape index (κ3) is 7.51. The van der Waals surface area contributed by atoms with Gasteiger partial charge in [-0.2, -0.15) is 0 Å². The average Bonchev–Trinajstić information content (AvgIpc) is 2.88. The first-order valence-electron chi connectivity index (χ1n) is 12.3. The molecule has 188 valence electrons. The van der Waals surface area contributed by atoms with Gasteiger partial charge in [0.2, 0.25) is 11.8 Å². The van der Waals surface area contributed by atoms with Crippen LogP contribution in [0, 0.1) is 19.8 Å². The van der Waals surface area contributed by atoms with Crippen LogP contribution in [-0.2, 0) is 9.59 Å². The Bertz CT molecular complexity index is 1400. The van der Waals surface area contributed by atoms with Crippen LogP contribution in [0.5, 0.6) is 0 Å². The Hall–Kier alpha value is -4.46. The van der Waals surface area contributed by atoms with Gasteiger partial charge in [-0.3, -0.25) is 9.59 Å². The van der Waals surface area contributed by atoms with Gasteiger partial charge in [0.05, 0.1) is 11.4 Å². The second-order valence-electron chi connectivity index (χ2n) is 9.08. The Morgan fingerprint density at radius 3 is 1.78 bits per heavy atom. The number of carbonyl (C=O) groups excluding carboxylic acids is 2. The molecule has 1 atom stereocenters. The molecule has 2 amide bonds. The first-order chi connectivity index (χ1) is 17.9. The number of hydrogen-bond donors (Lipinski definition) is 2. The number of benzene rings is 2. The van der Waals surface area contributed by atoms with Crippen molar-refractivity contribution in [1.82, 2.24) is 19.9 Å². The van der Waals surface area contributed by atoms with Gasteiger partial charge in [-0.25, -0.2) is 19.9 Å². The van der Waals surface area contributed by atoms with Crippen LogP contribution in [-0.4, -0.2) is 31.8 Å². The molecule has 2 N–H and O–H groups in total. The van der Waals surface area contributed by atoms with Gasteiger partial charge < -0.3 is 10.6 Å². The number of anilines is 2. The molecule has 4 rings (SSSR count). The number of aromatic nitrogens is 4. The Labute approximate surface area is 216 Å². The highest BCUT2D eigenvalue weighted by atomic mass is 16.2. The van der Waals surface area contributed by atoms with E-state index < -0.39 is 0 Å². The number of aryl methyl sites for hydroxylation is 2. The molecule has 2 heterocycles. The second-order valence-corrected chi connectivity index (χ2v) is 9.08. The zero-order valence-electron chi connectivity index (χ0n) is 21.2. The van der Waals surface area contributed by atoms with Crippen molar-refractivity contribution in [3.05, 3.63) is 84.7 Å². The highest BCUT2D eigenvalue weighted by molar-refractivity contribution is 5.92. The molecule has 0 bridgehead atoms. The standard InChI is InChI=1S/C29H30N6O2/c1-19(16-29(37)35-25-9-5-7-23(18-25)27-13-15-31-21(3)33-27)10-11-28(36)34-24-8-4-6-22(17-24)26-12-14-30-20(2)32-26/h4-9,12-15,17-19H,10-11,16H2,1-3H3,(H,34,36)(H,35,37). The van der Waals surface area contributed by atoms with Crippen molar-refractivity contribution in [2.45, 2.75) is 40.0 Å². The van der Waals surface area contributed by atoms with E-state index in [9.17, 15) is 9.59 Å². The SMILES string of the molecule is Cc1nccc(-c2cccc(NC(=O)CCC(C)CC(=O)Nc3cccc(-c4ccnc(C)n4)c3)c2)n1. The molecule has 8 nitrogen and oxygen atoms in total. The van der Waals surface area contributed by atoms with Crippen LogP contribution in [0.1, 0.15) is 37.8 Å². The molecular formula is C29H30N6O2. The highest BCUT2D eigenvalue weighted by Gasteiger charge is 2.13. The van der Waals surface area contributed by atoms with Gasteiger partial charge in [0, 0.05) is 47.7 Å². The minimum Gasteiger partial charge on any atom is -0.326 e. The normalized spacial score (nSPS) is 11.5. The zero-order chi connectivity index (χ0) is 26.2. The van der Waals surface area contributed by atoms with Gasteiger partial charge >= 0.3 is 0 Å². The van der Waals surface area contributed by atoms with E-state index in [4.69, 9.17) is 0 Å². The molecule has 0 aliphatic rings. The lowest BCUT2D eigenvalue weighted by atomic mass is 10.0. The van der Waals surface area contributed by atoms with Gasteiger partial charge in [0.15, 0.2) is 0 Å². The lowest BCUT2D eigenvalue weighted by Crippen LogP contribution is -2.17. The summed E-state index contributed by atoms with van der Waals surface area (Å²) in [5.74, 6) is 1.26. The molecule has 8 heteroatoms. The fraction of sp³-hybridized carbons (Fsp3) is 0.241. The molecule has 0 aliphatic heterocycles. The summed E-state index contributed by atoms with van der Waals surface area (Å²) in [5, 5.41) is 5.91. The summed E-state index contributed by atoms with van der Waals surface area (Å²) in [5.41, 5.74) is 4.85. The maximum atomic E-state index is 12.6. The monoisotopic (exact) mass is 494 g/mol. The van der Waals surface area contributed by atoms with Gasteiger partial charge in [-0.1, -0.05) is 31.2 Å². The average molecular weight is 495 g/mol. The van der Waals surface area contributed by atoms with Gasteiger partial charge in [0.1, 0.15) is 11.6 Å². The summed E-state index contributed by atoms with van der Waals surface area (Å²) in [6.45, 7) is 5.66. The summed E-state index contributed by atoms with van der Waals surface area (Å²) < 4.78 is 0. The van der Waals surface area contributed by atoms with Crippen LogP contribution in [0.4, 0.5) is 11.4 Å². The number of carbonyl (C=O) groups is 2. The summed E-state index contributed by atoms with van der Waals surface area (Å²) in [6.07, 6.45) is 4.69. The zero-order valence-corrected chi connectivity index (χ0v) is 21.2. The third-order valence-corrected chi connectivity index (χ3v) is 5.83. The van der Waals surface area contributed by atoms with Crippen LogP contribution >= 0.6 is 0 Å². The van der Waals surface area contributed by atoms with Crippen LogP contribution in [0.3, 0.4) is 0 Å². The molecule has 37 heavy (non-hydrogen) atoms.